The number of hydrogen-bond donors (Lipinski definition) is 1. The van der Waals surface area contributed by atoms with Crippen LogP contribution in [-0.4, -0.2) is 32.3 Å². The lowest BCUT2D eigenvalue weighted by atomic mass is 10.2. The summed E-state index contributed by atoms with van der Waals surface area (Å²) in [6.45, 7) is 10.2. The lowest BCUT2D eigenvalue weighted by molar-refractivity contribution is 0.0778. The van der Waals surface area contributed by atoms with Gasteiger partial charge in [-0.3, -0.25) is 9.52 Å². The van der Waals surface area contributed by atoms with Crippen molar-refractivity contribution in [3.63, 3.8) is 0 Å². The number of aryl methyl sites for hydroxylation is 1. The molecule has 0 heterocycles. The Balaban J connectivity index is 2.38. The van der Waals surface area contributed by atoms with E-state index in [1.165, 1.54) is 18.2 Å². The fraction of sp³-hybridized carbons (Fsp3) is 0.250. The number of benzene rings is 2. The number of carbonyl (C=O) groups is 1. The largest absolute Gasteiger partial charge is 0.335 e. The Morgan fingerprint density at radius 3 is 2.52 bits per heavy atom. The van der Waals surface area contributed by atoms with Crippen LogP contribution in [0.3, 0.4) is 0 Å². The second-order valence-corrected chi connectivity index (χ2v) is 8.48. The Hall–Kier alpha value is -2.31. The van der Waals surface area contributed by atoms with Gasteiger partial charge < -0.3 is 4.90 Å². The summed E-state index contributed by atoms with van der Waals surface area (Å²) in [5, 5.41) is 0.203. The molecule has 2 aromatic carbocycles. The van der Waals surface area contributed by atoms with E-state index in [1.807, 2.05) is 26.8 Å². The molecule has 0 radical (unpaired) electrons. The second kappa shape index (κ2) is 8.59. The third-order valence-electron chi connectivity index (χ3n) is 3.88. The van der Waals surface area contributed by atoms with Crippen molar-refractivity contribution >= 4 is 33.2 Å². The van der Waals surface area contributed by atoms with Crippen LogP contribution in [0.25, 0.3) is 0 Å². The van der Waals surface area contributed by atoms with E-state index in [9.17, 15) is 13.2 Å². The molecule has 0 saturated carbocycles. The summed E-state index contributed by atoms with van der Waals surface area (Å²) in [4.78, 5) is 14.3. The molecule has 27 heavy (non-hydrogen) atoms. The number of amides is 1. The first-order valence-electron chi connectivity index (χ1n) is 8.46. The monoisotopic (exact) mass is 406 g/mol. The maximum absolute atomic E-state index is 12.8. The number of rotatable bonds is 7. The highest BCUT2D eigenvalue weighted by atomic mass is 35.5. The van der Waals surface area contributed by atoms with E-state index < -0.39 is 10.0 Å². The summed E-state index contributed by atoms with van der Waals surface area (Å²) < 4.78 is 28.0. The summed E-state index contributed by atoms with van der Waals surface area (Å²) in [6.07, 6.45) is 0. The topological polar surface area (TPSA) is 66.5 Å². The Morgan fingerprint density at radius 1 is 1.22 bits per heavy atom. The standard InChI is InChI=1S/C20H23ClN2O3S/c1-5-23(13-14(2)3)20(24)18-12-17(9-10-19(18)21)27(25,26)22-16-8-6-7-15(4)11-16/h6-12,22H,2,5,13H2,1,3-4H3. The molecule has 1 amide bonds. The highest BCUT2D eigenvalue weighted by molar-refractivity contribution is 7.92. The molecule has 144 valence electrons. The van der Waals surface area contributed by atoms with E-state index in [4.69, 9.17) is 11.6 Å². The molecule has 0 unspecified atom stereocenters. The normalized spacial score (nSPS) is 11.1. The maximum Gasteiger partial charge on any atom is 0.261 e. The fourth-order valence-electron chi connectivity index (χ4n) is 2.58. The SMILES string of the molecule is C=C(C)CN(CC)C(=O)c1cc(S(=O)(=O)Nc2cccc(C)c2)ccc1Cl. The van der Waals surface area contributed by atoms with Crippen LogP contribution in [0.2, 0.25) is 5.02 Å². The molecule has 0 aliphatic heterocycles. The summed E-state index contributed by atoms with van der Waals surface area (Å²) in [5.41, 5.74) is 2.36. The van der Waals surface area contributed by atoms with Crippen molar-refractivity contribution in [2.45, 2.75) is 25.7 Å². The first kappa shape index (κ1) is 21.0. The van der Waals surface area contributed by atoms with Crippen molar-refractivity contribution in [2.75, 3.05) is 17.8 Å². The van der Waals surface area contributed by atoms with Crippen molar-refractivity contribution in [1.29, 1.82) is 0 Å². The van der Waals surface area contributed by atoms with Gasteiger partial charge in [-0.15, -0.1) is 0 Å². The summed E-state index contributed by atoms with van der Waals surface area (Å²) >= 11 is 6.17. The molecule has 7 heteroatoms. The Morgan fingerprint density at radius 2 is 1.93 bits per heavy atom. The molecule has 0 saturated heterocycles. The zero-order chi connectivity index (χ0) is 20.2. The van der Waals surface area contributed by atoms with Crippen LogP contribution >= 0.6 is 11.6 Å². The van der Waals surface area contributed by atoms with Gasteiger partial charge in [0.1, 0.15) is 0 Å². The van der Waals surface area contributed by atoms with E-state index in [1.54, 1.807) is 23.1 Å². The summed E-state index contributed by atoms with van der Waals surface area (Å²) in [6, 6.07) is 11.1. The molecule has 0 aliphatic carbocycles. The molecule has 5 nitrogen and oxygen atoms in total. The molecule has 0 bridgehead atoms. The minimum atomic E-state index is -3.86. The van der Waals surface area contributed by atoms with Crippen molar-refractivity contribution in [2.24, 2.45) is 0 Å². The third-order valence-corrected chi connectivity index (χ3v) is 5.59. The number of anilines is 1. The van der Waals surface area contributed by atoms with Crippen LogP contribution in [0.15, 0.2) is 59.5 Å². The molecule has 0 aliphatic rings. The Kier molecular flexibility index (Phi) is 6.68. The Bertz CT molecular complexity index is 971. The third kappa shape index (κ3) is 5.34. The average molecular weight is 407 g/mol. The van der Waals surface area contributed by atoms with Gasteiger partial charge in [-0.05, 0) is 56.7 Å². The quantitative estimate of drug-likeness (QED) is 0.689. The molecule has 0 aromatic heterocycles. The van der Waals surface area contributed by atoms with E-state index in [0.717, 1.165) is 11.1 Å². The highest BCUT2D eigenvalue weighted by Gasteiger charge is 2.22. The van der Waals surface area contributed by atoms with Gasteiger partial charge in [-0.1, -0.05) is 35.9 Å². The van der Waals surface area contributed by atoms with Crippen LogP contribution in [0.1, 0.15) is 29.8 Å². The van der Waals surface area contributed by atoms with Crippen LogP contribution in [-0.2, 0) is 10.0 Å². The number of nitrogens with one attached hydrogen (secondary N) is 1. The van der Waals surface area contributed by atoms with Crippen molar-refractivity contribution in [3.05, 3.63) is 70.8 Å². The highest BCUT2D eigenvalue weighted by Crippen LogP contribution is 2.24. The summed E-state index contributed by atoms with van der Waals surface area (Å²) in [7, 11) is -3.86. The predicted octanol–water partition coefficient (Wildman–Crippen LogP) is 4.49. The molecule has 2 rings (SSSR count). The smallest absolute Gasteiger partial charge is 0.261 e. The number of sulfonamides is 1. The maximum atomic E-state index is 12.8. The molecule has 1 N–H and O–H groups in total. The number of carbonyl (C=O) groups excluding carboxylic acids is 1. The van der Waals surface area contributed by atoms with Crippen molar-refractivity contribution in [1.82, 2.24) is 4.90 Å². The van der Waals surface area contributed by atoms with E-state index in [0.29, 0.717) is 18.8 Å². The van der Waals surface area contributed by atoms with Crippen LogP contribution in [0.5, 0.6) is 0 Å². The molecule has 0 spiro atoms. The number of nitrogens with zero attached hydrogens (tertiary/aromatic N) is 1. The van der Waals surface area contributed by atoms with Gasteiger partial charge in [0.15, 0.2) is 0 Å². The van der Waals surface area contributed by atoms with Gasteiger partial charge in [0.25, 0.3) is 15.9 Å². The van der Waals surface area contributed by atoms with E-state index in [2.05, 4.69) is 11.3 Å². The molecule has 0 fully saturated rings. The number of likely N-dealkylation sites (N-methyl/N-ethyl adjacent to an activating group) is 1. The van der Waals surface area contributed by atoms with Crippen molar-refractivity contribution in [3.8, 4) is 0 Å². The zero-order valence-corrected chi connectivity index (χ0v) is 17.2. The first-order chi connectivity index (χ1) is 12.6. The minimum Gasteiger partial charge on any atom is -0.335 e. The lowest BCUT2D eigenvalue weighted by Crippen LogP contribution is -2.32. The predicted molar refractivity (Wildman–Crippen MR) is 110 cm³/mol. The van der Waals surface area contributed by atoms with Gasteiger partial charge in [0, 0.05) is 18.8 Å². The summed E-state index contributed by atoms with van der Waals surface area (Å²) in [5.74, 6) is -0.335. The number of hydrogen-bond acceptors (Lipinski definition) is 3. The average Bonchev–Trinajstić information content (AvgIpc) is 2.58. The molecular weight excluding hydrogens is 384 g/mol. The molecule has 0 atom stereocenters. The van der Waals surface area contributed by atoms with Gasteiger partial charge in [-0.2, -0.15) is 0 Å². The van der Waals surface area contributed by atoms with Crippen LogP contribution in [0.4, 0.5) is 5.69 Å². The van der Waals surface area contributed by atoms with Crippen LogP contribution < -0.4 is 4.72 Å². The molecular formula is C20H23ClN2O3S. The fourth-order valence-corrected chi connectivity index (χ4v) is 3.86. The molecule has 2 aromatic rings. The zero-order valence-electron chi connectivity index (χ0n) is 15.6. The van der Waals surface area contributed by atoms with Gasteiger partial charge in [0.2, 0.25) is 0 Å². The van der Waals surface area contributed by atoms with Gasteiger partial charge in [0.05, 0.1) is 15.5 Å². The Labute approximate surface area is 165 Å². The number of halogens is 1. The minimum absolute atomic E-state index is 0.0249. The van der Waals surface area contributed by atoms with Gasteiger partial charge in [-0.25, -0.2) is 8.42 Å². The first-order valence-corrected chi connectivity index (χ1v) is 10.3. The van der Waals surface area contributed by atoms with Gasteiger partial charge >= 0.3 is 0 Å². The van der Waals surface area contributed by atoms with E-state index >= 15 is 0 Å². The van der Waals surface area contributed by atoms with E-state index in [-0.39, 0.29) is 21.4 Å². The lowest BCUT2D eigenvalue weighted by Gasteiger charge is -2.22. The van der Waals surface area contributed by atoms with Crippen molar-refractivity contribution < 1.29 is 13.2 Å². The van der Waals surface area contributed by atoms with Crippen LogP contribution in [0, 0.1) is 6.92 Å². The second-order valence-electron chi connectivity index (χ2n) is 6.39.